The van der Waals surface area contributed by atoms with Crippen molar-refractivity contribution in [2.75, 3.05) is 13.1 Å². The Morgan fingerprint density at radius 3 is 2.90 bits per heavy atom. The number of amides is 1. The van der Waals surface area contributed by atoms with Crippen molar-refractivity contribution in [3.05, 3.63) is 30.3 Å². The molecule has 0 bridgehead atoms. The van der Waals surface area contributed by atoms with Gasteiger partial charge in [0, 0.05) is 25.7 Å². The molecule has 0 unspecified atom stereocenters. The molecule has 3 heterocycles. The fourth-order valence-electron chi connectivity index (χ4n) is 2.32. The highest BCUT2D eigenvalue weighted by Gasteiger charge is 2.35. The topological polar surface area (TPSA) is 72.1 Å². The molecule has 6 nitrogen and oxygen atoms in total. The number of aromatic nitrogens is 3. The van der Waals surface area contributed by atoms with Crippen molar-refractivity contribution in [3.8, 4) is 11.5 Å². The predicted molar refractivity (Wildman–Crippen MR) is 76.3 cm³/mol. The van der Waals surface area contributed by atoms with E-state index in [-0.39, 0.29) is 11.8 Å². The van der Waals surface area contributed by atoms with Gasteiger partial charge in [0.2, 0.25) is 17.6 Å². The van der Waals surface area contributed by atoms with E-state index in [9.17, 15) is 4.79 Å². The van der Waals surface area contributed by atoms with Gasteiger partial charge in [-0.25, -0.2) is 0 Å². The van der Waals surface area contributed by atoms with Gasteiger partial charge in [-0.1, -0.05) is 25.1 Å². The SMILES string of the molecule is CC(C)CC(=O)N1CC(c2nc(-c3ccccn3)no2)C1. The Bertz CT molecular complexity index is 618. The average Bonchev–Trinajstić information content (AvgIpc) is 2.86. The summed E-state index contributed by atoms with van der Waals surface area (Å²) in [5.41, 5.74) is 0.694. The molecule has 0 atom stereocenters. The number of hydrogen-bond acceptors (Lipinski definition) is 5. The van der Waals surface area contributed by atoms with Crippen molar-refractivity contribution in [1.29, 1.82) is 0 Å². The van der Waals surface area contributed by atoms with Crippen LogP contribution in [0.3, 0.4) is 0 Å². The van der Waals surface area contributed by atoms with Gasteiger partial charge in [0.25, 0.3) is 0 Å². The van der Waals surface area contributed by atoms with E-state index in [1.807, 2.05) is 36.9 Å². The van der Waals surface area contributed by atoms with E-state index < -0.39 is 0 Å². The van der Waals surface area contributed by atoms with Crippen LogP contribution in [0.5, 0.6) is 0 Å². The molecule has 0 radical (unpaired) electrons. The zero-order valence-electron chi connectivity index (χ0n) is 12.2. The summed E-state index contributed by atoms with van der Waals surface area (Å²) in [4.78, 5) is 22.3. The molecule has 0 N–H and O–H groups in total. The normalized spacial score (nSPS) is 15.3. The van der Waals surface area contributed by atoms with Crippen molar-refractivity contribution in [1.82, 2.24) is 20.0 Å². The van der Waals surface area contributed by atoms with Crippen LogP contribution in [0.25, 0.3) is 11.5 Å². The molecule has 0 saturated carbocycles. The zero-order chi connectivity index (χ0) is 14.8. The highest BCUT2D eigenvalue weighted by atomic mass is 16.5. The highest BCUT2D eigenvalue weighted by molar-refractivity contribution is 5.77. The predicted octanol–water partition coefficient (Wildman–Crippen LogP) is 2.10. The lowest BCUT2D eigenvalue weighted by molar-refractivity contribution is -0.136. The van der Waals surface area contributed by atoms with Gasteiger partial charge < -0.3 is 9.42 Å². The molecule has 110 valence electrons. The first-order valence-electron chi connectivity index (χ1n) is 7.16. The summed E-state index contributed by atoms with van der Waals surface area (Å²) in [6.45, 7) is 5.42. The van der Waals surface area contributed by atoms with Crippen molar-refractivity contribution < 1.29 is 9.32 Å². The molecule has 0 aromatic carbocycles. The molecule has 0 spiro atoms. The lowest BCUT2D eigenvalue weighted by atomic mass is 9.98. The van der Waals surface area contributed by atoms with Crippen molar-refractivity contribution in [2.24, 2.45) is 5.92 Å². The number of hydrogen-bond donors (Lipinski definition) is 0. The van der Waals surface area contributed by atoms with E-state index in [2.05, 4.69) is 15.1 Å². The molecule has 1 saturated heterocycles. The minimum Gasteiger partial charge on any atom is -0.341 e. The summed E-state index contributed by atoms with van der Waals surface area (Å²) < 4.78 is 5.29. The minimum atomic E-state index is 0.145. The molecule has 1 aliphatic heterocycles. The Morgan fingerprint density at radius 1 is 1.43 bits per heavy atom. The van der Waals surface area contributed by atoms with Crippen LogP contribution in [-0.4, -0.2) is 39.0 Å². The molecule has 1 aliphatic rings. The summed E-state index contributed by atoms with van der Waals surface area (Å²) in [5, 5.41) is 3.96. The molecular weight excluding hydrogens is 268 g/mol. The first kappa shape index (κ1) is 13.7. The van der Waals surface area contributed by atoms with E-state index in [0.29, 0.717) is 42.8 Å². The van der Waals surface area contributed by atoms with Gasteiger partial charge in [-0.15, -0.1) is 0 Å². The number of nitrogens with zero attached hydrogens (tertiary/aromatic N) is 4. The molecule has 2 aromatic rings. The van der Waals surface area contributed by atoms with Crippen LogP contribution in [0.2, 0.25) is 0 Å². The molecular formula is C15H18N4O2. The van der Waals surface area contributed by atoms with Gasteiger partial charge in [-0.05, 0) is 18.1 Å². The summed E-state index contributed by atoms with van der Waals surface area (Å²) in [6, 6.07) is 5.57. The molecule has 6 heteroatoms. The molecule has 3 rings (SSSR count). The number of carbonyl (C=O) groups is 1. The van der Waals surface area contributed by atoms with Gasteiger partial charge in [0.1, 0.15) is 5.69 Å². The highest BCUT2D eigenvalue weighted by Crippen LogP contribution is 2.28. The number of pyridine rings is 1. The number of rotatable bonds is 4. The molecule has 2 aromatic heterocycles. The summed E-state index contributed by atoms with van der Waals surface area (Å²) in [7, 11) is 0. The number of likely N-dealkylation sites (tertiary alicyclic amines) is 1. The third-order valence-corrected chi connectivity index (χ3v) is 3.50. The quantitative estimate of drug-likeness (QED) is 0.860. The van der Waals surface area contributed by atoms with Crippen LogP contribution < -0.4 is 0 Å². The summed E-state index contributed by atoms with van der Waals surface area (Å²) in [6.07, 6.45) is 2.29. The van der Waals surface area contributed by atoms with Crippen molar-refractivity contribution >= 4 is 5.91 Å². The largest absolute Gasteiger partial charge is 0.341 e. The second-order valence-electron chi connectivity index (χ2n) is 5.76. The van der Waals surface area contributed by atoms with E-state index in [0.717, 1.165) is 0 Å². The van der Waals surface area contributed by atoms with Gasteiger partial charge in [-0.3, -0.25) is 9.78 Å². The monoisotopic (exact) mass is 286 g/mol. The van der Waals surface area contributed by atoms with Crippen molar-refractivity contribution in [3.63, 3.8) is 0 Å². The smallest absolute Gasteiger partial charge is 0.233 e. The first-order valence-corrected chi connectivity index (χ1v) is 7.16. The van der Waals surface area contributed by atoms with Crippen LogP contribution in [0.4, 0.5) is 0 Å². The van der Waals surface area contributed by atoms with Gasteiger partial charge in [0.15, 0.2) is 0 Å². The van der Waals surface area contributed by atoms with E-state index in [1.165, 1.54) is 0 Å². The standard InChI is InChI=1S/C15H18N4O2/c1-10(2)7-13(20)19-8-11(9-19)15-17-14(18-21-15)12-5-3-4-6-16-12/h3-6,10-11H,7-9H2,1-2H3. The van der Waals surface area contributed by atoms with Crippen LogP contribution in [0.1, 0.15) is 32.1 Å². The van der Waals surface area contributed by atoms with Crippen LogP contribution in [0, 0.1) is 5.92 Å². The first-order chi connectivity index (χ1) is 10.1. The maximum Gasteiger partial charge on any atom is 0.233 e. The second kappa shape index (κ2) is 5.63. The van der Waals surface area contributed by atoms with Crippen LogP contribution in [0.15, 0.2) is 28.9 Å². The fourth-order valence-corrected chi connectivity index (χ4v) is 2.32. The van der Waals surface area contributed by atoms with Gasteiger partial charge >= 0.3 is 0 Å². The molecule has 21 heavy (non-hydrogen) atoms. The average molecular weight is 286 g/mol. The molecule has 0 aliphatic carbocycles. The lowest BCUT2D eigenvalue weighted by Crippen LogP contribution is -2.48. The zero-order valence-corrected chi connectivity index (χ0v) is 12.2. The van der Waals surface area contributed by atoms with Crippen LogP contribution >= 0.6 is 0 Å². The Kier molecular flexibility index (Phi) is 3.68. The molecule has 1 amide bonds. The lowest BCUT2D eigenvalue weighted by Gasteiger charge is -2.37. The number of carbonyl (C=O) groups excluding carboxylic acids is 1. The molecule has 1 fully saturated rings. The Hall–Kier alpha value is -2.24. The Morgan fingerprint density at radius 2 is 2.24 bits per heavy atom. The Labute approximate surface area is 123 Å². The van der Waals surface area contributed by atoms with Gasteiger partial charge in [0.05, 0.1) is 5.92 Å². The van der Waals surface area contributed by atoms with Gasteiger partial charge in [-0.2, -0.15) is 4.98 Å². The fraction of sp³-hybridized carbons (Fsp3) is 0.467. The van der Waals surface area contributed by atoms with Crippen LogP contribution in [-0.2, 0) is 4.79 Å². The van der Waals surface area contributed by atoms with E-state index >= 15 is 0 Å². The van der Waals surface area contributed by atoms with E-state index in [1.54, 1.807) is 6.20 Å². The third kappa shape index (κ3) is 2.94. The second-order valence-corrected chi connectivity index (χ2v) is 5.76. The maximum absolute atomic E-state index is 11.9. The maximum atomic E-state index is 11.9. The minimum absolute atomic E-state index is 0.145. The summed E-state index contributed by atoms with van der Waals surface area (Å²) in [5.74, 6) is 1.81. The van der Waals surface area contributed by atoms with E-state index in [4.69, 9.17) is 4.52 Å². The third-order valence-electron chi connectivity index (χ3n) is 3.50. The summed E-state index contributed by atoms with van der Waals surface area (Å²) >= 11 is 0. The van der Waals surface area contributed by atoms with Crippen molar-refractivity contribution in [2.45, 2.75) is 26.2 Å². The Balaban J connectivity index is 1.61.